The van der Waals surface area contributed by atoms with Crippen LogP contribution < -0.4 is 4.74 Å². The van der Waals surface area contributed by atoms with Gasteiger partial charge in [0.15, 0.2) is 0 Å². The molecule has 0 radical (unpaired) electrons. The van der Waals surface area contributed by atoms with Crippen molar-refractivity contribution in [3.8, 4) is 5.75 Å². The van der Waals surface area contributed by atoms with Crippen LogP contribution in [0.25, 0.3) is 0 Å². The second kappa shape index (κ2) is 5.77. The highest BCUT2D eigenvalue weighted by molar-refractivity contribution is 6.34. The van der Waals surface area contributed by atoms with Crippen molar-refractivity contribution in [2.45, 2.75) is 6.92 Å². The Labute approximate surface area is 103 Å². The number of benzene rings is 1. The average Bonchev–Trinajstić information content (AvgIpc) is 2.12. The number of carbonyl (C=O) groups is 1. The maximum Gasteiger partial charge on any atom is 0.328 e. The van der Waals surface area contributed by atoms with Gasteiger partial charge in [0, 0.05) is 16.1 Å². The minimum atomic E-state index is -0.995. The molecular weight excluding hydrogens is 251 g/mol. The van der Waals surface area contributed by atoms with Crippen LogP contribution in [0.2, 0.25) is 10.0 Å². The summed E-state index contributed by atoms with van der Waals surface area (Å²) in [7, 11) is 0. The number of hydrogen-bond donors (Lipinski definition) is 1. The zero-order valence-corrected chi connectivity index (χ0v) is 10.0. The summed E-state index contributed by atoms with van der Waals surface area (Å²) in [5.74, 6) is -0.485. The maximum atomic E-state index is 10.4. The van der Waals surface area contributed by atoms with E-state index in [9.17, 15) is 4.79 Å². The van der Waals surface area contributed by atoms with Crippen LogP contribution >= 0.6 is 23.2 Å². The molecule has 0 aromatic heterocycles. The van der Waals surface area contributed by atoms with Gasteiger partial charge in [0.1, 0.15) is 12.4 Å². The molecule has 0 unspecified atom stereocenters. The predicted octanol–water partition coefficient (Wildman–Crippen LogP) is 3.40. The van der Waals surface area contributed by atoms with Gasteiger partial charge in [-0.1, -0.05) is 23.2 Å². The molecule has 0 aliphatic carbocycles. The monoisotopic (exact) mass is 260 g/mol. The molecule has 0 aliphatic heterocycles. The van der Waals surface area contributed by atoms with E-state index in [0.717, 1.165) is 6.08 Å². The molecule has 1 aromatic rings. The molecule has 5 heteroatoms. The summed E-state index contributed by atoms with van der Waals surface area (Å²) in [6.07, 6.45) is 1.09. The average molecular weight is 261 g/mol. The Morgan fingerprint density at radius 2 is 1.94 bits per heavy atom. The van der Waals surface area contributed by atoms with E-state index in [0.29, 0.717) is 21.4 Å². The van der Waals surface area contributed by atoms with E-state index in [1.165, 1.54) is 0 Å². The second-order valence-electron chi connectivity index (χ2n) is 3.22. The Morgan fingerprint density at radius 3 is 2.44 bits per heavy atom. The van der Waals surface area contributed by atoms with Gasteiger partial charge in [0.05, 0.1) is 0 Å². The van der Waals surface area contributed by atoms with Gasteiger partial charge >= 0.3 is 5.97 Å². The number of halogens is 2. The van der Waals surface area contributed by atoms with E-state index in [1.807, 2.05) is 0 Å². The van der Waals surface area contributed by atoms with Crippen LogP contribution in [0.3, 0.4) is 0 Å². The standard InChI is InChI=1S/C11H10Cl2O3/c1-7(2-11(14)15)6-16-10-4-8(12)3-9(13)5-10/h2-5H,6H2,1H3,(H,14,15). The molecule has 0 bridgehead atoms. The van der Waals surface area contributed by atoms with Crippen molar-refractivity contribution in [1.82, 2.24) is 0 Å². The summed E-state index contributed by atoms with van der Waals surface area (Å²) in [5, 5.41) is 9.44. The van der Waals surface area contributed by atoms with Crippen molar-refractivity contribution in [3.63, 3.8) is 0 Å². The van der Waals surface area contributed by atoms with Crippen LogP contribution in [0.1, 0.15) is 6.92 Å². The number of carboxylic acids is 1. The van der Waals surface area contributed by atoms with Crippen molar-refractivity contribution in [3.05, 3.63) is 39.9 Å². The summed E-state index contributed by atoms with van der Waals surface area (Å²) < 4.78 is 5.33. The molecular formula is C11H10Cl2O3. The van der Waals surface area contributed by atoms with Gasteiger partial charge < -0.3 is 9.84 Å². The van der Waals surface area contributed by atoms with Gasteiger partial charge in [-0.05, 0) is 30.7 Å². The SMILES string of the molecule is CC(=CC(=O)O)COc1cc(Cl)cc(Cl)c1. The minimum absolute atomic E-state index is 0.184. The molecule has 16 heavy (non-hydrogen) atoms. The van der Waals surface area contributed by atoms with Gasteiger partial charge in [-0.2, -0.15) is 0 Å². The van der Waals surface area contributed by atoms with Crippen molar-refractivity contribution >= 4 is 29.2 Å². The zero-order valence-electron chi connectivity index (χ0n) is 8.54. The summed E-state index contributed by atoms with van der Waals surface area (Å²) in [4.78, 5) is 10.4. The highest BCUT2D eigenvalue weighted by atomic mass is 35.5. The molecule has 0 saturated carbocycles. The summed E-state index contributed by atoms with van der Waals surface area (Å²) >= 11 is 11.6. The number of rotatable bonds is 4. The molecule has 0 fully saturated rings. The summed E-state index contributed by atoms with van der Waals surface area (Å²) in [5.41, 5.74) is 0.601. The lowest BCUT2D eigenvalue weighted by Gasteiger charge is -2.06. The summed E-state index contributed by atoms with van der Waals surface area (Å²) in [6.45, 7) is 1.85. The van der Waals surface area contributed by atoms with Gasteiger partial charge in [0.25, 0.3) is 0 Å². The molecule has 86 valence electrons. The van der Waals surface area contributed by atoms with E-state index in [-0.39, 0.29) is 6.61 Å². The lowest BCUT2D eigenvalue weighted by molar-refractivity contribution is -0.131. The van der Waals surface area contributed by atoms with Crippen LogP contribution in [0.5, 0.6) is 5.75 Å². The third-order valence-electron chi connectivity index (χ3n) is 1.67. The normalized spacial score (nSPS) is 11.3. The Bertz CT molecular complexity index is 407. The fourth-order valence-electron chi connectivity index (χ4n) is 1.06. The van der Waals surface area contributed by atoms with E-state index in [1.54, 1.807) is 25.1 Å². The fraction of sp³-hybridized carbons (Fsp3) is 0.182. The van der Waals surface area contributed by atoms with Gasteiger partial charge in [-0.3, -0.25) is 0 Å². The Morgan fingerprint density at radius 1 is 1.38 bits per heavy atom. The van der Waals surface area contributed by atoms with Crippen molar-refractivity contribution in [2.75, 3.05) is 6.61 Å². The van der Waals surface area contributed by atoms with Crippen LogP contribution in [-0.4, -0.2) is 17.7 Å². The number of carboxylic acid groups (broad SMARTS) is 1. The van der Waals surface area contributed by atoms with Crippen molar-refractivity contribution in [1.29, 1.82) is 0 Å². The second-order valence-corrected chi connectivity index (χ2v) is 4.10. The highest BCUT2D eigenvalue weighted by Gasteiger charge is 2.00. The first-order valence-electron chi connectivity index (χ1n) is 4.46. The number of hydrogen-bond acceptors (Lipinski definition) is 2. The Hall–Kier alpha value is -1.19. The van der Waals surface area contributed by atoms with Crippen molar-refractivity contribution < 1.29 is 14.6 Å². The van der Waals surface area contributed by atoms with E-state index in [2.05, 4.69) is 0 Å². The molecule has 1 aromatic carbocycles. The molecule has 3 nitrogen and oxygen atoms in total. The van der Waals surface area contributed by atoms with E-state index < -0.39 is 5.97 Å². The van der Waals surface area contributed by atoms with Gasteiger partial charge in [-0.15, -0.1) is 0 Å². The third kappa shape index (κ3) is 4.55. The quantitative estimate of drug-likeness (QED) is 0.845. The molecule has 0 saturated heterocycles. The van der Waals surface area contributed by atoms with Gasteiger partial charge in [0.2, 0.25) is 0 Å². The fourth-order valence-corrected chi connectivity index (χ4v) is 1.57. The van der Waals surface area contributed by atoms with Gasteiger partial charge in [-0.25, -0.2) is 4.79 Å². The van der Waals surface area contributed by atoms with Crippen LogP contribution in [0.15, 0.2) is 29.8 Å². The first-order valence-corrected chi connectivity index (χ1v) is 5.22. The first-order chi connectivity index (χ1) is 7.47. The molecule has 0 spiro atoms. The lowest BCUT2D eigenvalue weighted by Crippen LogP contribution is -2.01. The predicted molar refractivity (Wildman–Crippen MR) is 63.3 cm³/mol. The topological polar surface area (TPSA) is 46.5 Å². The maximum absolute atomic E-state index is 10.4. The summed E-state index contributed by atoms with van der Waals surface area (Å²) in [6, 6.07) is 4.82. The Balaban J connectivity index is 2.64. The number of ether oxygens (including phenoxy) is 1. The molecule has 0 atom stereocenters. The molecule has 0 heterocycles. The smallest absolute Gasteiger partial charge is 0.328 e. The van der Waals surface area contributed by atoms with Crippen LogP contribution in [0.4, 0.5) is 0 Å². The zero-order chi connectivity index (χ0) is 12.1. The lowest BCUT2D eigenvalue weighted by atomic mass is 10.3. The Kier molecular flexibility index (Phi) is 4.65. The molecule has 0 aliphatic rings. The first kappa shape index (κ1) is 12.9. The van der Waals surface area contributed by atoms with E-state index >= 15 is 0 Å². The molecule has 1 rings (SSSR count). The van der Waals surface area contributed by atoms with Crippen LogP contribution in [0, 0.1) is 0 Å². The molecule has 1 N–H and O–H groups in total. The molecule has 0 amide bonds. The van der Waals surface area contributed by atoms with Crippen LogP contribution in [-0.2, 0) is 4.79 Å². The minimum Gasteiger partial charge on any atom is -0.489 e. The number of aliphatic carboxylic acids is 1. The third-order valence-corrected chi connectivity index (χ3v) is 2.11. The highest BCUT2D eigenvalue weighted by Crippen LogP contribution is 2.24. The van der Waals surface area contributed by atoms with E-state index in [4.69, 9.17) is 33.0 Å². The van der Waals surface area contributed by atoms with Crippen molar-refractivity contribution in [2.24, 2.45) is 0 Å². The largest absolute Gasteiger partial charge is 0.489 e.